The molecule has 108 valence electrons. The molecule has 0 saturated carbocycles. The molecule has 1 heterocycles. The summed E-state index contributed by atoms with van der Waals surface area (Å²) in [6.45, 7) is 5.27. The summed E-state index contributed by atoms with van der Waals surface area (Å²) in [5.41, 5.74) is 0. The number of hydrogen-bond acceptors (Lipinski definition) is 5. The largest absolute Gasteiger partial charge is 0.466 e. The van der Waals surface area contributed by atoms with Gasteiger partial charge in [-0.25, -0.2) is 0 Å². The van der Waals surface area contributed by atoms with E-state index in [-0.39, 0.29) is 19.1 Å². The number of amides is 1. The summed E-state index contributed by atoms with van der Waals surface area (Å²) in [7, 11) is -1.98. The van der Waals surface area contributed by atoms with Crippen molar-refractivity contribution in [3.8, 4) is 0 Å². The smallest absolute Gasteiger partial charge is 0.360 e. The van der Waals surface area contributed by atoms with Gasteiger partial charge >= 0.3 is 7.60 Å². The molecular formula is C12H20NO5P. The van der Waals surface area contributed by atoms with Crippen molar-refractivity contribution in [1.29, 1.82) is 0 Å². The van der Waals surface area contributed by atoms with Crippen LogP contribution in [0.1, 0.15) is 32.3 Å². The van der Waals surface area contributed by atoms with Crippen LogP contribution >= 0.6 is 7.60 Å². The van der Waals surface area contributed by atoms with Gasteiger partial charge in [0, 0.05) is 14.0 Å². The molecule has 0 radical (unpaired) electrons. The van der Waals surface area contributed by atoms with Crippen LogP contribution in [-0.4, -0.2) is 31.1 Å². The van der Waals surface area contributed by atoms with Crippen molar-refractivity contribution in [3.63, 3.8) is 0 Å². The van der Waals surface area contributed by atoms with Crippen LogP contribution in [0.4, 0.5) is 0 Å². The summed E-state index contributed by atoms with van der Waals surface area (Å²) in [5.74, 6) is -0.746. The van der Waals surface area contributed by atoms with E-state index >= 15 is 0 Å². The van der Waals surface area contributed by atoms with Gasteiger partial charge in [0.25, 0.3) is 0 Å². The fraction of sp³-hybridized carbons (Fsp3) is 0.583. The number of hydrogen-bond donors (Lipinski definition) is 0. The van der Waals surface area contributed by atoms with Crippen molar-refractivity contribution in [1.82, 2.24) is 4.90 Å². The number of carbonyl (C=O) groups excluding carboxylic acids is 1. The predicted octanol–water partition coefficient (Wildman–Crippen LogP) is 3.02. The zero-order chi connectivity index (χ0) is 14.5. The van der Waals surface area contributed by atoms with Crippen LogP contribution in [0.25, 0.3) is 0 Å². The molecule has 1 unspecified atom stereocenters. The lowest BCUT2D eigenvalue weighted by molar-refractivity contribution is -0.129. The molecule has 0 saturated heterocycles. The maximum absolute atomic E-state index is 12.9. The SMILES string of the molecule is CCOP(=O)(OCC)C(c1ccco1)N(C)C(C)=O. The van der Waals surface area contributed by atoms with Crippen LogP contribution in [0.5, 0.6) is 0 Å². The molecule has 19 heavy (non-hydrogen) atoms. The van der Waals surface area contributed by atoms with E-state index in [0.29, 0.717) is 5.76 Å². The first-order chi connectivity index (χ1) is 8.96. The first-order valence-electron chi connectivity index (χ1n) is 6.11. The van der Waals surface area contributed by atoms with E-state index in [1.54, 1.807) is 33.0 Å². The Morgan fingerprint density at radius 2 is 2.00 bits per heavy atom. The molecule has 7 heteroatoms. The quantitative estimate of drug-likeness (QED) is 0.722. The first kappa shape index (κ1) is 16.0. The normalized spacial score (nSPS) is 13.3. The minimum Gasteiger partial charge on any atom is -0.466 e. The third-order valence-electron chi connectivity index (χ3n) is 2.58. The number of rotatable bonds is 7. The molecule has 0 aliphatic heterocycles. The fourth-order valence-electron chi connectivity index (χ4n) is 1.71. The Hall–Kier alpha value is -1.10. The lowest BCUT2D eigenvalue weighted by atomic mass is 10.4. The highest BCUT2D eigenvalue weighted by molar-refractivity contribution is 7.54. The lowest BCUT2D eigenvalue weighted by Crippen LogP contribution is -2.30. The van der Waals surface area contributed by atoms with Crippen molar-refractivity contribution >= 4 is 13.5 Å². The second kappa shape index (κ2) is 6.89. The first-order valence-corrected chi connectivity index (χ1v) is 7.73. The van der Waals surface area contributed by atoms with E-state index in [9.17, 15) is 9.36 Å². The molecular weight excluding hydrogens is 269 g/mol. The summed E-state index contributed by atoms with van der Waals surface area (Å²) in [6.07, 6.45) is 1.46. The van der Waals surface area contributed by atoms with Gasteiger partial charge in [0.1, 0.15) is 5.76 Å². The predicted molar refractivity (Wildman–Crippen MR) is 70.8 cm³/mol. The standard InChI is InChI=1S/C12H20NO5P/c1-5-17-19(15,18-6-2)12(13(4)10(3)14)11-8-7-9-16-11/h7-9,12H,5-6H2,1-4H3. The molecule has 1 aromatic heterocycles. The summed E-state index contributed by atoms with van der Waals surface area (Å²) >= 11 is 0. The monoisotopic (exact) mass is 289 g/mol. The third kappa shape index (κ3) is 3.69. The van der Waals surface area contributed by atoms with Crippen molar-refractivity contribution in [2.75, 3.05) is 20.3 Å². The second-order valence-corrected chi connectivity index (χ2v) is 5.98. The average Bonchev–Trinajstić information content (AvgIpc) is 2.83. The molecule has 0 fully saturated rings. The molecule has 0 bridgehead atoms. The van der Waals surface area contributed by atoms with Gasteiger partial charge < -0.3 is 18.4 Å². The highest BCUT2D eigenvalue weighted by atomic mass is 31.2. The van der Waals surface area contributed by atoms with Crippen LogP contribution < -0.4 is 0 Å². The summed E-state index contributed by atoms with van der Waals surface area (Å²) < 4.78 is 28.8. The molecule has 6 nitrogen and oxygen atoms in total. The molecule has 0 aromatic carbocycles. The number of furan rings is 1. The Morgan fingerprint density at radius 1 is 1.42 bits per heavy atom. The molecule has 1 aromatic rings. The number of carbonyl (C=O) groups is 1. The van der Waals surface area contributed by atoms with Gasteiger partial charge in [-0.3, -0.25) is 9.36 Å². The van der Waals surface area contributed by atoms with E-state index < -0.39 is 13.4 Å². The highest BCUT2D eigenvalue weighted by Crippen LogP contribution is 2.62. The molecule has 0 aliphatic rings. The van der Waals surface area contributed by atoms with E-state index in [2.05, 4.69) is 0 Å². The van der Waals surface area contributed by atoms with Crippen LogP contribution in [-0.2, 0) is 18.4 Å². The summed E-state index contributed by atoms with van der Waals surface area (Å²) in [4.78, 5) is 12.9. The van der Waals surface area contributed by atoms with E-state index in [0.717, 1.165) is 0 Å². The Morgan fingerprint density at radius 3 is 2.37 bits per heavy atom. The van der Waals surface area contributed by atoms with E-state index in [1.807, 2.05) is 0 Å². The zero-order valence-electron chi connectivity index (χ0n) is 11.7. The van der Waals surface area contributed by atoms with Gasteiger partial charge in [-0.05, 0) is 26.0 Å². The molecule has 1 atom stereocenters. The fourth-order valence-corrected chi connectivity index (χ4v) is 3.83. The Bertz CT molecular complexity index is 435. The highest BCUT2D eigenvalue weighted by Gasteiger charge is 2.42. The summed E-state index contributed by atoms with van der Waals surface area (Å²) in [5, 5.41) is 0. The van der Waals surface area contributed by atoms with E-state index in [1.165, 1.54) is 18.1 Å². The molecule has 0 spiro atoms. The summed E-state index contributed by atoms with van der Waals surface area (Å²) in [6, 6.07) is 3.31. The third-order valence-corrected chi connectivity index (χ3v) is 5.01. The number of nitrogens with zero attached hydrogens (tertiary/aromatic N) is 1. The topological polar surface area (TPSA) is 69.0 Å². The van der Waals surface area contributed by atoms with E-state index in [4.69, 9.17) is 13.5 Å². The van der Waals surface area contributed by atoms with Crippen LogP contribution in [0.3, 0.4) is 0 Å². The molecule has 0 aliphatic carbocycles. The maximum atomic E-state index is 12.9. The molecule has 1 rings (SSSR count). The Labute approximate surface area is 113 Å². The van der Waals surface area contributed by atoms with Crippen molar-refractivity contribution in [2.45, 2.75) is 26.6 Å². The van der Waals surface area contributed by atoms with Gasteiger partial charge in [0.15, 0.2) is 5.78 Å². The Kier molecular flexibility index (Phi) is 5.79. The zero-order valence-corrected chi connectivity index (χ0v) is 12.6. The minimum atomic E-state index is -3.52. The van der Waals surface area contributed by atoms with Gasteiger partial charge in [-0.1, -0.05) is 0 Å². The Balaban J connectivity index is 3.21. The van der Waals surface area contributed by atoms with Crippen molar-refractivity contribution < 1.29 is 22.8 Å². The van der Waals surface area contributed by atoms with Crippen molar-refractivity contribution in [2.24, 2.45) is 0 Å². The van der Waals surface area contributed by atoms with Crippen LogP contribution in [0.15, 0.2) is 22.8 Å². The van der Waals surface area contributed by atoms with Gasteiger partial charge in [-0.15, -0.1) is 0 Å². The average molecular weight is 289 g/mol. The molecule has 0 N–H and O–H groups in total. The van der Waals surface area contributed by atoms with Crippen LogP contribution in [0.2, 0.25) is 0 Å². The lowest BCUT2D eigenvalue weighted by Gasteiger charge is -2.31. The van der Waals surface area contributed by atoms with Gasteiger partial charge in [0.2, 0.25) is 5.91 Å². The van der Waals surface area contributed by atoms with Crippen LogP contribution in [0, 0.1) is 0 Å². The second-order valence-electron chi connectivity index (χ2n) is 3.89. The van der Waals surface area contributed by atoms with Crippen molar-refractivity contribution in [3.05, 3.63) is 24.2 Å². The van der Waals surface area contributed by atoms with Gasteiger partial charge in [-0.2, -0.15) is 0 Å². The minimum absolute atomic E-state index is 0.222. The van der Waals surface area contributed by atoms with Gasteiger partial charge in [0.05, 0.1) is 19.5 Å². The molecule has 1 amide bonds. The maximum Gasteiger partial charge on any atom is 0.360 e.